The van der Waals surface area contributed by atoms with Crippen molar-refractivity contribution < 1.29 is 9.90 Å². The molecular formula is C13H16N4O2. The Balaban J connectivity index is 2.57. The van der Waals surface area contributed by atoms with Crippen LogP contribution in [0.3, 0.4) is 0 Å². The van der Waals surface area contributed by atoms with Crippen molar-refractivity contribution in [2.75, 3.05) is 0 Å². The minimum Gasteiger partial charge on any atom is -0.478 e. The maximum Gasteiger partial charge on any atom is 0.339 e. The average molecular weight is 260 g/mol. The van der Waals surface area contributed by atoms with Crippen molar-refractivity contribution in [1.82, 2.24) is 19.7 Å². The molecule has 6 heteroatoms. The van der Waals surface area contributed by atoms with Gasteiger partial charge >= 0.3 is 5.97 Å². The number of hydrogen-bond donors (Lipinski definition) is 1. The summed E-state index contributed by atoms with van der Waals surface area (Å²) in [5.74, 6) is -0.565. The van der Waals surface area contributed by atoms with Gasteiger partial charge in [-0.15, -0.1) is 0 Å². The Labute approximate surface area is 111 Å². The predicted octanol–water partition coefficient (Wildman–Crippen LogP) is 2.10. The lowest BCUT2D eigenvalue weighted by Crippen LogP contribution is -2.05. The Bertz CT molecular complexity index is 611. The molecular weight excluding hydrogens is 244 g/mol. The molecule has 2 aromatic rings. The van der Waals surface area contributed by atoms with Crippen molar-refractivity contribution in [3.05, 3.63) is 34.9 Å². The zero-order valence-electron chi connectivity index (χ0n) is 11.4. The second-order valence-electron chi connectivity index (χ2n) is 4.78. The largest absolute Gasteiger partial charge is 0.478 e. The summed E-state index contributed by atoms with van der Waals surface area (Å²) >= 11 is 0. The van der Waals surface area contributed by atoms with Crippen molar-refractivity contribution in [2.45, 2.75) is 33.6 Å². The van der Waals surface area contributed by atoms with Crippen LogP contribution in [-0.2, 0) is 0 Å². The first kappa shape index (κ1) is 13.2. The lowest BCUT2D eigenvalue weighted by molar-refractivity contribution is 0.0695. The van der Waals surface area contributed by atoms with E-state index in [9.17, 15) is 9.90 Å². The monoisotopic (exact) mass is 260 g/mol. The third-order valence-corrected chi connectivity index (χ3v) is 2.70. The van der Waals surface area contributed by atoms with Gasteiger partial charge in [-0.1, -0.05) is 13.8 Å². The standard InChI is InChI=1S/C13H16N4O2/c1-7(2)11-10(12(18)19)6-17(16-11)13-14-8(3)5-9(4)15-13/h5-7H,1-4H3,(H,18,19). The molecule has 2 rings (SSSR count). The molecule has 0 fully saturated rings. The first-order valence-corrected chi connectivity index (χ1v) is 6.04. The third kappa shape index (κ3) is 2.62. The predicted molar refractivity (Wildman–Crippen MR) is 69.7 cm³/mol. The van der Waals surface area contributed by atoms with E-state index in [0.29, 0.717) is 11.6 Å². The van der Waals surface area contributed by atoms with Gasteiger partial charge in [0.1, 0.15) is 5.56 Å². The van der Waals surface area contributed by atoms with Crippen molar-refractivity contribution in [3.63, 3.8) is 0 Å². The lowest BCUT2D eigenvalue weighted by atomic mass is 10.1. The molecule has 0 atom stereocenters. The van der Waals surface area contributed by atoms with E-state index in [0.717, 1.165) is 11.4 Å². The van der Waals surface area contributed by atoms with Gasteiger partial charge in [-0.3, -0.25) is 0 Å². The fraction of sp³-hybridized carbons (Fsp3) is 0.385. The highest BCUT2D eigenvalue weighted by molar-refractivity contribution is 5.88. The van der Waals surface area contributed by atoms with Gasteiger partial charge in [-0.05, 0) is 25.8 Å². The summed E-state index contributed by atoms with van der Waals surface area (Å²) in [7, 11) is 0. The van der Waals surface area contributed by atoms with Crippen LogP contribution < -0.4 is 0 Å². The maximum absolute atomic E-state index is 11.2. The molecule has 0 aromatic carbocycles. The minimum absolute atomic E-state index is 0.0262. The van der Waals surface area contributed by atoms with Crippen LogP contribution in [0, 0.1) is 13.8 Å². The van der Waals surface area contributed by atoms with Gasteiger partial charge in [0.2, 0.25) is 0 Å². The van der Waals surface area contributed by atoms with Crippen LogP contribution in [0.2, 0.25) is 0 Å². The summed E-state index contributed by atoms with van der Waals surface area (Å²) in [4.78, 5) is 19.8. The van der Waals surface area contributed by atoms with Crippen LogP contribution in [0.5, 0.6) is 0 Å². The number of nitrogens with zero attached hydrogens (tertiary/aromatic N) is 4. The Morgan fingerprint density at radius 1 is 1.26 bits per heavy atom. The van der Waals surface area contributed by atoms with Crippen molar-refractivity contribution >= 4 is 5.97 Å². The van der Waals surface area contributed by atoms with E-state index in [1.54, 1.807) is 0 Å². The topological polar surface area (TPSA) is 80.9 Å². The van der Waals surface area contributed by atoms with Crippen LogP contribution >= 0.6 is 0 Å². The second kappa shape index (κ2) is 4.79. The van der Waals surface area contributed by atoms with E-state index in [1.807, 2.05) is 33.8 Å². The molecule has 1 N–H and O–H groups in total. The van der Waals surface area contributed by atoms with Crippen molar-refractivity contribution in [2.24, 2.45) is 0 Å². The quantitative estimate of drug-likeness (QED) is 0.914. The molecule has 0 aliphatic rings. The maximum atomic E-state index is 11.2. The van der Waals surface area contributed by atoms with Crippen molar-refractivity contribution in [1.29, 1.82) is 0 Å². The van der Waals surface area contributed by atoms with Crippen molar-refractivity contribution in [3.8, 4) is 5.95 Å². The van der Waals surface area contributed by atoms with Gasteiger partial charge in [0.15, 0.2) is 0 Å². The summed E-state index contributed by atoms with van der Waals surface area (Å²) in [6.07, 6.45) is 1.46. The number of hydrogen-bond acceptors (Lipinski definition) is 4. The number of rotatable bonds is 3. The highest BCUT2D eigenvalue weighted by Gasteiger charge is 2.19. The van der Waals surface area contributed by atoms with E-state index in [2.05, 4.69) is 15.1 Å². The Morgan fingerprint density at radius 2 is 1.84 bits per heavy atom. The molecule has 0 unspecified atom stereocenters. The number of carboxylic acid groups (broad SMARTS) is 1. The fourth-order valence-corrected chi connectivity index (χ4v) is 1.89. The fourth-order valence-electron chi connectivity index (χ4n) is 1.89. The van der Waals surface area contributed by atoms with Crippen LogP contribution in [0.25, 0.3) is 5.95 Å². The molecule has 0 aliphatic heterocycles. The molecule has 0 amide bonds. The molecule has 0 aliphatic carbocycles. The Hall–Kier alpha value is -2.24. The summed E-state index contributed by atoms with van der Waals surface area (Å²) in [6, 6.07) is 1.86. The summed E-state index contributed by atoms with van der Waals surface area (Å²) in [6.45, 7) is 7.54. The van der Waals surface area contributed by atoms with Crippen LogP contribution in [0.4, 0.5) is 0 Å². The lowest BCUT2D eigenvalue weighted by Gasteiger charge is -2.03. The smallest absolute Gasteiger partial charge is 0.339 e. The number of aromatic carboxylic acids is 1. The molecule has 19 heavy (non-hydrogen) atoms. The summed E-state index contributed by atoms with van der Waals surface area (Å²) in [5, 5.41) is 13.5. The number of aromatic nitrogens is 4. The third-order valence-electron chi connectivity index (χ3n) is 2.70. The van der Waals surface area contributed by atoms with Gasteiger partial charge in [0.05, 0.1) is 5.69 Å². The normalized spacial score (nSPS) is 11.0. The highest BCUT2D eigenvalue weighted by Crippen LogP contribution is 2.19. The molecule has 0 saturated carbocycles. The molecule has 2 heterocycles. The van der Waals surface area contributed by atoms with E-state index in [4.69, 9.17) is 0 Å². The van der Waals surface area contributed by atoms with Crippen LogP contribution in [-0.4, -0.2) is 30.8 Å². The first-order chi connectivity index (χ1) is 8.88. The van der Waals surface area contributed by atoms with Gasteiger partial charge in [0, 0.05) is 17.6 Å². The number of aryl methyl sites for hydroxylation is 2. The van der Waals surface area contributed by atoms with E-state index < -0.39 is 5.97 Å². The molecule has 0 bridgehead atoms. The van der Waals surface area contributed by atoms with Gasteiger partial charge in [0.25, 0.3) is 5.95 Å². The highest BCUT2D eigenvalue weighted by atomic mass is 16.4. The Morgan fingerprint density at radius 3 is 2.26 bits per heavy atom. The average Bonchev–Trinajstić information content (AvgIpc) is 2.72. The van der Waals surface area contributed by atoms with E-state index >= 15 is 0 Å². The van der Waals surface area contributed by atoms with Gasteiger partial charge in [-0.25, -0.2) is 19.4 Å². The van der Waals surface area contributed by atoms with E-state index in [1.165, 1.54) is 10.9 Å². The molecule has 2 aromatic heterocycles. The van der Waals surface area contributed by atoms with Crippen LogP contribution in [0.15, 0.2) is 12.3 Å². The number of carboxylic acids is 1. The van der Waals surface area contributed by atoms with Gasteiger partial charge in [-0.2, -0.15) is 5.10 Å². The van der Waals surface area contributed by atoms with E-state index in [-0.39, 0.29) is 11.5 Å². The molecule has 6 nitrogen and oxygen atoms in total. The Kier molecular flexibility index (Phi) is 3.33. The summed E-state index contributed by atoms with van der Waals surface area (Å²) < 4.78 is 1.43. The molecule has 0 spiro atoms. The summed E-state index contributed by atoms with van der Waals surface area (Å²) in [5.41, 5.74) is 2.37. The zero-order valence-corrected chi connectivity index (χ0v) is 11.4. The first-order valence-electron chi connectivity index (χ1n) is 6.04. The number of carbonyl (C=O) groups is 1. The minimum atomic E-state index is -0.987. The SMILES string of the molecule is Cc1cc(C)nc(-n2cc(C(=O)O)c(C(C)C)n2)n1. The van der Waals surface area contributed by atoms with Gasteiger partial charge < -0.3 is 5.11 Å². The zero-order chi connectivity index (χ0) is 14.2. The molecule has 0 radical (unpaired) electrons. The molecule has 0 saturated heterocycles. The van der Waals surface area contributed by atoms with Crippen LogP contribution in [0.1, 0.15) is 47.2 Å². The molecule has 100 valence electrons. The second-order valence-corrected chi connectivity index (χ2v) is 4.78.